The zero-order chi connectivity index (χ0) is 27.5. The summed E-state index contributed by atoms with van der Waals surface area (Å²) >= 11 is -5.79. The summed E-state index contributed by atoms with van der Waals surface area (Å²) in [6.45, 7) is 0. The van der Waals surface area contributed by atoms with Crippen LogP contribution in [0.4, 0.5) is 11.4 Å². The third-order valence-corrected chi connectivity index (χ3v) is 8.66. The molecule has 2 N–H and O–H groups in total. The van der Waals surface area contributed by atoms with E-state index in [0.717, 1.165) is 18.2 Å². The highest BCUT2D eigenvalue weighted by Crippen LogP contribution is 2.30. The summed E-state index contributed by atoms with van der Waals surface area (Å²) in [5.41, 5.74) is -0.0702. The fourth-order valence-corrected chi connectivity index (χ4v) is 6.66. The van der Waals surface area contributed by atoms with Crippen molar-refractivity contribution in [3.05, 3.63) is 97.1 Å². The maximum atomic E-state index is 13.2. The SMILES string of the molecule is O=S(O)N(OS(=O)(=O)c1ccc2cccc(S(=O)(=O)ON(c3ccccc3)S(=O)O)c2c1)c1ccccc1. The van der Waals surface area contributed by atoms with E-state index in [1.54, 1.807) is 12.1 Å². The summed E-state index contributed by atoms with van der Waals surface area (Å²) in [7, 11) is -9.53. The molecule has 0 aliphatic carbocycles. The van der Waals surface area contributed by atoms with E-state index in [1.165, 1.54) is 66.7 Å². The van der Waals surface area contributed by atoms with Crippen molar-refractivity contribution in [2.45, 2.75) is 9.79 Å². The van der Waals surface area contributed by atoms with Gasteiger partial charge in [-0.2, -0.15) is 16.8 Å². The average molecular weight is 599 g/mol. The number of para-hydroxylation sites is 2. The lowest BCUT2D eigenvalue weighted by molar-refractivity contribution is 0.331. The van der Waals surface area contributed by atoms with Crippen molar-refractivity contribution in [2.75, 3.05) is 8.94 Å². The number of hydrogen-bond acceptors (Lipinski definition) is 8. The molecule has 4 aromatic rings. The second-order valence-electron chi connectivity index (χ2n) is 7.34. The summed E-state index contributed by atoms with van der Waals surface area (Å²) in [5, 5.41) is 0.168. The predicted molar refractivity (Wildman–Crippen MR) is 140 cm³/mol. The van der Waals surface area contributed by atoms with Crippen molar-refractivity contribution >= 4 is 64.9 Å². The molecule has 2 atom stereocenters. The Morgan fingerprint density at radius 1 is 0.605 bits per heavy atom. The molecular weight excluding hydrogens is 581 g/mol. The molecule has 0 saturated carbocycles. The Balaban J connectivity index is 1.75. The fraction of sp³-hybridized carbons (Fsp3) is 0. The minimum atomic E-state index is -4.78. The van der Waals surface area contributed by atoms with Crippen LogP contribution in [0.25, 0.3) is 10.8 Å². The van der Waals surface area contributed by atoms with Gasteiger partial charge in [-0.3, -0.25) is 9.11 Å². The molecule has 38 heavy (non-hydrogen) atoms. The van der Waals surface area contributed by atoms with E-state index in [9.17, 15) is 34.4 Å². The molecule has 0 spiro atoms. The molecule has 0 heterocycles. The van der Waals surface area contributed by atoms with E-state index in [2.05, 4.69) is 0 Å². The monoisotopic (exact) mass is 598 g/mol. The normalized spacial score (nSPS) is 13.6. The molecule has 0 amide bonds. The van der Waals surface area contributed by atoms with E-state index < -0.39 is 52.6 Å². The number of fused-ring (bicyclic) bond motifs is 1. The van der Waals surface area contributed by atoms with Crippen molar-refractivity contribution < 1.29 is 42.9 Å². The van der Waals surface area contributed by atoms with Gasteiger partial charge in [0.05, 0.1) is 16.3 Å². The molecule has 4 aromatic carbocycles. The minimum Gasteiger partial charge on any atom is -0.288 e. The van der Waals surface area contributed by atoms with Gasteiger partial charge in [-0.1, -0.05) is 54.6 Å². The van der Waals surface area contributed by atoms with Crippen molar-refractivity contribution in [3.63, 3.8) is 0 Å². The molecule has 12 nitrogen and oxygen atoms in total. The Kier molecular flexibility index (Phi) is 8.24. The second kappa shape index (κ2) is 11.3. The third kappa shape index (κ3) is 6.08. The third-order valence-electron chi connectivity index (χ3n) is 4.92. The second-order valence-corrected chi connectivity index (χ2v) is 12.0. The number of rotatable bonds is 10. The Morgan fingerprint density at radius 2 is 1.11 bits per heavy atom. The molecule has 200 valence electrons. The lowest BCUT2D eigenvalue weighted by Gasteiger charge is -2.19. The number of nitrogens with zero attached hydrogens (tertiary/aromatic N) is 2. The molecule has 0 aliphatic heterocycles. The van der Waals surface area contributed by atoms with Gasteiger partial charge < -0.3 is 0 Å². The first-order valence-corrected chi connectivity index (χ1v) is 15.3. The molecule has 0 fully saturated rings. The van der Waals surface area contributed by atoms with E-state index in [4.69, 9.17) is 8.57 Å². The van der Waals surface area contributed by atoms with Crippen LogP contribution in [0, 0.1) is 0 Å². The zero-order valence-electron chi connectivity index (χ0n) is 18.9. The summed E-state index contributed by atoms with van der Waals surface area (Å²) in [6.07, 6.45) is 0. The van der Waals surface area contributed by atoms with Gasteiger partial charge in [0.25, 0.3) is 22.5 Å². The summed E-state index contributed by atoms with van der Waals surface area (Å²) < 4.78 is 106. The van der Waals surface area contributed by atoms with Crippen molar-refractivity contribution in [1.29, 1.82) is 0 Å². The highest BCUT2D eigenvalue weighted by atomic mass is 32.2. The van der Waals surface area contributed by atoms with Crippen molar-refractivity contribution in [2.24, 2.45) is 0 Å². The molecule has 4 rings (SSSR count). The van der Waals surface area contributed by atoms with Crippen LogP contribution < -0.4 is 8.94 Å². The lowest BCUT2D eigenvalue weighted by Crippen LogP contribution is -2.29. The summed E-state index contributed by atoms with van der Waals surface area (Å²) in [5.74, 6) is 0. The largest absolute Gasteiger partial charge is 0.319 e. The predicted octanol–water partition coefficient (Wildman–Crippen LogP) is 3.37. The highest BCUT2D eigenvalue weighted by Gasteiger charge is 2.29. The van der Waals surface area contributed by atoms with E-state index in [-0.39, 0.29) is 31.1 Å². The van der Waals surface area contributed by atoms with Crippen molar-refractivity contribution in [3.8, 4) is 0 Å². The maximum Gasteiger partial charge on any atom is 0.319 e. The van der Waals surface area contributed by atoms with E-state index in [1.807, 2.05) is 0 Å². The van der Waals surface area contributed by atoms with Crippen LogP contribution in [-0.4, -0.2) is 34.4 Å². The van der Waals surface area contributed by atoms with Gasteiger partial charge in [0.2, 0.25) is 0 Å². The number of anilines is 2. The van der Waals surface area contributed by atoms with Crippen LogP contribution in [0.2, 0.25) is 0 Å². The van der Waals surface area contributed by atoms with Crippen LogP contribution in [0.5, 0.6) is 0 Å². The molecule has 0 radical (unpaired) electrons. The molecule has 0 bridgehead atoms. The first-order chi connectivity index (χ1) is 18.0. The molecule has 2 unspecified atom stereocenters. The van der Waals surface area contributed by atoms with Gasteiger partial charge in [-0.05, 0) is 47.9 Å². The Labute approximate surface area is 223 Å². The van der Waals surface area contributed by atoms with Gasteiger partial charge in [0, 0.05) is 5.39 Å². The molecule has 0 aromatic heterocycles. The first kappa shape index (κ1) is 27.8. The molecule has 16 heteroatoms. The smallest absolute Gasteiger partial charge is 0.288 e. The zero-order valence-corrected chi connectivity index (χ0v) is 22.2. The van der Waals surface area contributed by atoms with Crippen LogP contribution in [0.15, 0.2) is 107 Å². The van der Waals surface area contributed by atoms with Crippen LogP contribution in [0.1, 0.15) is 0 Å². The molecular formula is C22H18N2O10S4. The first-order valence-electron chi connectivity index (χ1n) is 10.3. The number of hydrogen-bond donors (Lipinski definition) is 2. The Bertz CT molecular complexity index is 1720. The Morgan fingerprint density at radius 3 is 1.61 bits per heavy atom. The molecule has 0 saturated heterocycles. The summed E-state index contributed by atoms with van der Waals surface area (Å²) in [6, 6.07) is 22.0. The fourth-order valence-electron chi connectivity index (χ4n) is 3.28. The van der Waals surface area contributed by atoms with Crippen LogP contribution >= 0.6 is 0 Å². The quantitative estimate of drug-likeness (QED) is 0.204. The average Bonchev–Trinajstić information content (AvgIpc) is 2.90. The van der Waals surface area contributed by atoms with E-state index >= 15 is 0 Å². The van der Waals surface area contributed by atoms with Crippen molar-refractivity contribution in [1.82, 2.24) is 0 Å². The van der Waals surface area contributed by atoms with Gasteiger partial charge in [-0.15, -0.1) is 17.5 Å². The van der Waals surface area contributed by atoms with Crippen LogP contribution in [-0.2, 0) is 51.3 Å². The maximum absolute atomic E-state index is 13.2. The van der Waals surface area contributed by atoms with Crippen LogP contribution in [0.3, 0.4) is 0 Å². The highest BCUT2D eigenvalue weighted by molar-refractivity contribution is 7.88. The number of benzene rings is 4. The standard InChI is InChI=1S/C22H18N2O10S4/c25-35(26)23(18-9-3-1-4-10-18)33-37(29,30)20-15-14-17-8-7-13-22(21(17)16-20)38(31,32)34-24(36(27)28)19-11-5-2-6-12-19/h1-16H,(H,25,26)(H,27,28). The van der Waals surface area contributed by atoms with E-state index in [0.29, 0.717) is 0 Å². The van der Waals surface area contributed by atoms with Gasteiger partial charge in [-0.25, -0.2) is 8.42 Å². The summed E-state index contributed by atoms with van der Waals surface area (Å²) in [4.78, 5) is -1.05. The van der Waals surface area contributed by atoms with Gasteiger partial charge in [0.15, 0.2) is 0 Å². The van der Waals surface area contributed by atoms with Gasteiger partial charge in [0.1, 0.15) is 4.90 Å². The lowest BCUT2D eigenvalue weighted by atomic mass is 10.1. The topological polar surface area (TPSA) is 168 Å². The molecule has 0 aliphatic rings. The Hall–Kier alpha value is -3.22. The minimum absolute atomic E-state index is 0.0348. The van der Waals surface area contributed by atoms with Gasteiger partial charge >= 0.3 is 20.2 Å².